The molecule has 3 amide bonds. The van der Waals surface area contributed by atoms with Crippen molar-refractivity contribution in [2.75, 3.05) is 40.3 Å². The van der Waals surface area contributed by atoms with Crippen LogP contribution >= 0.6 is 0 Å². The van der Waals surface area contributed by atoms with Crippen molar-refractivity contribution in [3.8, 4) is 0 Å². The third-order valence-corrected chi connectivity index (χ3v) is 3.06. The molecule has 1 aliphatic heterocycles. The Morgan fingerprint density at radius 1 is 1.30 bits per heavy atom. The lowest BCUT2D eigenvalue weighted by atomic mass is 10.1. The maximum Gasteiger partial charge on any atom is 0.329 e. The van der Waals surface area contributed by atoms with Crippen molar-refractivity contribution in [1.29, 1.82) is 0 Å². The second-order valence-electron chi connectivity index (χ2n) is 4.84. The number of rotatable bonds is 5. The van der Waals surface area contributed by atoms with Gasteiger partial charge in [0.1, 0.15) is 6.61 Å². The summed E-state index contributed by atoms with van der Waals surface area (Å²) in [4.78, 5) is 36.5. The van der Waals surface area contributed by atoms with Crippen molar-refractivity contribution in [1.82, 2.24) is 15.1 Å². The van der Waals surface area contributed by atoms with E-state index in [1.54, 1.807) is 19.0 Å². The molecule has 1 saturated heterocycles. The van der Waals surface area contributed by atoms with Gasteiger partial charge in [-0.1, -0.05) is 0 Å². The average Bonchev–Trinajstić information content (AvgIpc) is 2.42. The maximum atomic E-state index is 11.8. The molecule has 1 rings (SSSR count). The van der Waals surface area contributed by atoms with Crippen molar-refractivity contribution in [3.05, 3.63) is 0 Å². The molecular weight excluding hydrogens is 266 g/mol. The molecule has 1 aliphatic rings. The number of carbonyl (C=O) groups is 3. The van der Waals surface area contributed by atoms with E-state index in [9.17, 15) is 14.4 Å². The number of aliphatic carboxylic acids is 1. The number of amides is 3. The lowest BCUT2D eigenvalue weighted by Gasteiger charge is -2.31. The van der Waals surface area contributed by atoms with Crippen LogP contribution in [0.5, 0.6) is 0 Å². The second kappa shape index (κ2) is 7.68. The highest BCUT2D eigenvalue weighted by Crippen LogP contribution is 2.13. The first-order valence-corrected chi connectivity index (χ1v) is 6.46. The summed E-state index contributed by atoms with van der Waals surface area (Å²) in [5.74, 6) is -1.16. The number of hydrogen-bond donors (Lipinski definition) is 2. The van der Waals surface area contributed by atoms with E-state index in [4.69, 9.17) is 9.84 Å². The number of urea groups is 1. The zero-order valence-electron chi connectivity index (χ0n) is 11.8. The Kier molecular flexibility index (Phi) is 6.23. The summed E-state index contributed by atoms with van der Waals surface area (Å²) in [6, 6.07) is -0.281. The number of piperidine rings is 1. The molecule has 0 spiro atoms. The molecule has 0 aromatic rings. The van der Waals surface area contributed by atoms with Gasteiger partial charge in [0.05, 0.1) is 12.6 Å². The van der Waals surface area contributed by atoms with E-state index in [2.05, 4.69) is 5.32 Å². The summed E-state index contributed by atoms with van der Waals surface area (Å²) in [5.41, 5.74) is 0. The fourth-order valence-corrected chi connectivity index (χ4v) is 1.84. The van der Waals surface area contributed by atoms with Gasteiger partial charge in [-0.05, 0) is 12.8 Å². The minimum atomic E-state index is -0.993. The summed E-state index contributed by atoms with van der Waals surface area (Å²) in [5, 5.41) is 11.1. The number of nitrogens with zero attached hydrogens (tertiary/aromatic N) is 2. The zero-order chi connectivity index (χ0) is 15.1. The summed E-state index contributed by atoms with van der Waals surface area (Å²) >= 11 is 0. The maximum absolute atomic E-state index is 11.8. The van der Waals surface area contributed by atoms with Crippen molar-refractivity contribution in [3.63, 3.8) is 0 Å². The third kappa shape index (κ3) is 5.43. The lowest BCUT2D eigenvalue weighted by Crippen LogP contribution is -2.48. The minimum absolute atomic E-state index is 0.0265. The Hall–Kier alpha value is -1.83. The second-order valence-corrected chi connectivity index (χ2v) is 4.84. The molecule has 0 saturated carbocycles. The highest BCUT2D eigenvalue weighted by atomic mass is 16.5. The largest absolute Gasteiger partial charge is 0.480 e. The molecule has 1 fully saturated rings. The van der Waals surface area contributed by atoms with E-state index in [-0.39, 0.29) is 31.2 Å². The quantitative estimate of drug-likeness (QED) is 0.700. The average molecular weight is 287 g/mol. The topological polar surface area (TPSA) is 99.2 Å². The molecule has 0 aliphatic carbocycles. The standard InChI is InChI=1S/C12H21N3O5/c1-14(2)10(16)7-13-12(19)15-5-3-9(4-6-15)20-8-11(17)18/h9H,3-8H2,1-2H3,(H,13,19)(H,17,18). The molecule has 8 nitrogen and oxygen atoms in total. The van der Waals surface area contributed by atoms with Gasteiger partial charge in [-0.3, -0.25) is 4.79 Å². The first kappa shape index (κ1) is 16.2. The van der Waals surface area contributed by atoms with Crippen LogP contribution in [0.2, 0.25) is 0 Å². The van der Waals surface area contributed by atoms with E-state index in [0.717, 1.165) is 0 Å². The summed E-state index contributed by atoms with van der Waals surface area (Å²) in [7, 11) is 3.25. The summed E-state index contributed by atoms with van der Waals surface area (Å²) in [6.07, 6.45) is 1.07. The molecule has 0 unspecified atom stereocenters. The molecule has 0 aromatic heterocycles. The van der Waals surface area contributed by atoms with Crippen LogP contribution in [0.1, 0.15) is 12.8 Å². The number of carbonyl (C=O) groups excluding carboxylic acids is 2. The number of likely N-dealkylation sites (N-methyl/N-ethyl adjacent to an activating group) is 1. The summed E-state index contributed by atoms with van der Waals surface area (Å²) in [6.45, 7) is 0.647. The number of likely N-dealkylation sites (tertiary alicyclic amines) is 1. The van der Waals surface area contributed by atoms with Crippen LogP contribution in [-0.2, 0) is 14.3 Å². The monoisotopic (exact) mass is 287 g/mol. The van der Waals surface area contributed by atoms with Crippen LogP contribution < -0.4 is 5.32 Å². The molecule has 8 heteroatoms. The fraction of sp³-hybridized carbons (Fsp3) is 0.750. The molecule has 1 heterocycles. The van der Waals surface area contributed by atoms with E-state index in [1.165, 1.54) is 4.90 Å². The molecule has 20 heavy (non-hydrogen) atoms. The van der Waals surface area contributed by atoms with E-state index in [0.29, 0.717) is 25.9 Å². The van der Waals surface area contributed by atoms with Crippen LogP contribution in [0.15, 0.2) is 0 Å². The first-order chi connectivity index (χ1) is 9.40. The van der Waals surface area contributed by atoms with Gasteiger partial charge >= 0.3 is 12.0 Å². The molecule has 0 bridgehead atoms. The molecule has 114 valence electrons. The number of nitrogens with one attached hydrogen (secondary N) is 1. The van der Waals surface area contributed by atoms with E-state index in [1.807, 2.05) is 0 Å². The van der Waals surface area contributed by atoms with Crippen LogP contribution in [0, 0.1) is 0 Å². The van der Waals surface area contributed by atoms with Crippen LogP contribution in [-0.4, -0.2) is 79.3 Å². The number of ether oxygens (including phenoxy) is 1. The van der Waals surface area contributed by atoms with Gasteiger partial charge in [0, 0.05) is 27.2 Å². The SMILES string of the molecule is CN(C)C(=O)CNC(=O)N1CCC(OCC(=O)O)CC1. The Morgan fingerprint density at radius 2 is 1.90 bits per heavy atom. The number of hydrogen-bond acceptors (Lipinski definition) is 4. The third-order valence-electron chi connectivity index (χ3n) is 3.06. The number of carboxylic acid groups (broad SMARTS) is 1. The van der Waals surface area contributed by atoms with Gasteiger partial charge in [0.2, 0.25) is 5.91 Å². The lowest BCUT2D eigenvalue weighted by molar-refractivity contribution is -0.145. The number of carboxylic acids is 1. The van der Waals surface area contributed by atoms with Gasteiger partial charge < -0.3 is 25.0 Å². The van der Waals surface area contributed by atoms with Gasteiger partial charge in [-0.25, -0.2) is 9.59 Å². The van der Waals surface area contributed by atoms with Crippen molar-refractivity contribution < 1.29 is 24.2 Å². The summed E-state index contributed by atoms with van der Waals surface area (Å²) < 4.78 is 5.18. The van der Waals surface area contributed by atoms with E-state index < -0.39 is 5.97 Å². The fourth-order valence-electron chi connectivity index (χ4n) is 1.84. The van der Waals surface area contributed by atoms with Gasteiger partial charge in [-0.2, -0.15) is 0 Å². The highest BCUT2D eigenvalue weighted by molar-refractivity contribution is 5.83. The van der Waals surface area contributed by atoms with Gasteiger partial charge in [-0.15, -0.1) is 0 Å². The van der Waals surface area contributed by atoms with Crippen molar-refractivity contribution in [2.24, 2.45) is 0 Å². The van der Waals surface area contributed by atoms with E-state index >= 15 is 0 Å². The van der Waals surface area contributed by atoms with Crippen LogP contribution in [0.25, 0.3) is 0 Å². The smallest absolute Gasteiger partial charge is 0.329 e. The van der Waals surface area contributed by atoms with Crippen LogP contribution in [0.4, 0.5) is 4.79 Å². The highest BCUT2D eigenvalue weighted by Gasteiger charge is 2.23. The Bertz CT molecular complexity index is 364. The first-order valence-electron chi connectivity index (χ1n) is 6.46. The van der Waals surface area contributed by atoms with Gasteiger partial charge in [0.15, 0.2) is 0 Å². The van der Waals surface area contributed by atoms with Crippen molar-refractivity contribution in [2.45, 2.75) is 18.9 Å². The molecule has 0 atom stereocenters. The minimum Gasteiger partial charge on any atom is -0.480 e. The predicted octanol–water partition coefficient (Wildman–Crippen LogP) is -0.650. The zero-order valence-corrected chi connectivity index (χ0v) is 11.8. The molecule has 2 N–H and O–H groups in total. The van der Waals surface area contributed by atoms with Crippen LogP contribution in [0.3, 0.4) is 0 Å². The Balaban J connectivity index is 2.25. The molecule has 0 radical (unpaired) electrons. The predicted molar refractivity (Wildman–Crippen MR) is 70.3 cm³/mol. The Labute approximate surface area is 117 Å². The van der Waals surface area contributed by atoms with Crippen molar-refractivity contribution >= 4 is 17.9 Å². The molecule has 0 aromatic carbocycles. The normalized spacial score (nSPS) is 15.8. The van der Waals surface area contributed by atoms with Gasteiger partial charge in [0.25, 0.3) is 0 Å². The Morgan fingerprint density at radius 3 is 2.40 bits per heavy atom. The molecular formula is C12H21N3O5.